The second-order valence-corrected chi connectivity index (χ2v) is 4.42. The zero-order valence-electron chi connectivity index (χ0n) is 13.5. The number of allylic oxidation sites excluding steroid dienone is 3. The SMILES string of the molecule is C=CC.C=CC(C)N1CC(CO)OC1=O.CC/C=C(\C)F. The normalized spacial score (nSPS) is 18.6. The van der Waals surface area contributed by atoms with Crippen molar-refractivity contribution >= 4 is 6.09 Å². The van der Waals surface area contributed by atoms with Crippen LogP contribution in [-0.4, -0.2) is 41.4 Å². The van der Waals surface area contributed by atoms with Crippen molar-refractivity contribution < 1.29 is 19.0 Å². The van der Waals surface area contributed by atoms with E-state index in [2.05, 4.69) is 13.2 Å². The van der Waals surface area contributed by atoms with Crippen LogP contribution in [0.15, 0.2) is 37.2 Å². The van der Waals surface area contributed by atoms with Gasteiger partial charge in [0.15, 0.2) is 0 Å². The van der Waals surface area contributed by atoms with Gasteiger partial charge in [-0.15, -0.1) is 13.2 Å². The molecule has 2 unspecified atom stereocenters. The minimum Gasteiger partial charge on any atom is -0.442 e. The lowest BCUT2D eigenvalue weighted by Gasteiger charge is -2.17. The molecule has 0 aromatic heterocycles. The molecular weight excluding hydrogens is 273 g/mol. The van der Waals surface area contributed by atoms with Gasteiger partial charge in [-0.05, 0) is 27.2 Å². The molecule has 1 aliphatic rings. The maximum absolute atomic E-state index is 11.6. The number of hydrogen-bond acceptors (Lipinski definition) is 3. The summed E-state index contributed by atoms with van der Waals surface area (Å²) in [5.74, 6) is -0.0856. The Balaban J connectivity index is 0. The van der Waals surface area contributed by atoms with Crippen LogP contribution in [0.2, 0.25) is 0 Å². The van der Waals surface area contributed by atoms with Gasteiger partial charge in [-0.3, -0.25) is 4.90 Å². The van der Waals surface area contributed by atoms with E-state index in [-0.39, 0.29) is 30.7 Å². The zero-order valence-corrected chi connectivity index (χ0v) is 13.5. The van der Waals surface area contributed by atoms with E-state index in [0.29, 0.717) is 6.54 Å². The molecule has 5 heteroatoms. The number of nitrogens with zero attached hydrogens (tertiary/aromatic N) is 1. The summed E-state index contributed by atoms with van der Waals surface area (Å²) in [7, 11) is 0. The maximum Gasteiger partial charge on any atom is 0.410 e. The Morgan fingerprint density at radius 3 is 2.38 bits per heavy atom. The summed E-state index contributed by atoms with van der Waals surface area (Å²) in [6, 6.07) is -0.0333. The fourth-order valence-electron chi connectivity index (χ4n) is 1.38. The minimum atomic E-state index is -0.375. The molecule has 0 bridgehead atoms. The molecule has 4 nitrogen and oxygen atoms in total. The van der Waals surface area contributed by atoms with Gasteiger partial charge in [-0.25, -0.2) is 9.18 Å². The lowest BCUT2D eigenvalue weighted by Crippen LogP contribution is -2.33. The van der Waals surface area contributed by atoms with E-state index in [9.17, 15) is 9.18 Å². The van der Waals surface area contributed by atoms with Crippen molar-refractivity contribution in [3.8, 4) is 0 Å². The molecule has 1 heterocycles. The molecule has 122 valence electrons. The third-order valence-corrected chi connectivity index (χ3v) is 2.42. The van der Waals surface area contributed by atoms with Crippen LogP contribution < -0.4 is 0 Å². The third kappa shape index (κ3) is 10.8. The molecule has 2 atom stereocenters. The molecule has 1 amide bonds. The van der Waals surface area contributed by atoms with Gasteiger partial charge in [0.25, 0.3) is 0 Å². The van der Waals surface area contributed by atoms with E-state index in [0.717, 1.165) is 6.42 Å². The number of ether oxygens (including phenoxy) is 1. The molecule has 1 rings (SSSR count). The number of rotatable bonds is 4. The van der Waals surface area contributed by atoms with Crippen molar-refractivity contribution in [2.24, 2.45) is 0 Å². The molecule has 0 spiro atoms. The highest BCUT2D eigenvalue weighted by Crippen LogP contribution is 2.14. The molecule has 21 heavy (non-hydrogen) atoms. The van der Waals surface area contributed by atoms with E-state index >= 15 is 0 Å². The number of cyclic esters (lactones) is 1. The predicted octanol–water partition coefficient (Wildman–Crippen LogP) is 3.84. The van der Waals surface area contributed by atoms with Gasteiger partial charge in [0.1, 0.15) is 6.10 Å². The highest BCUT2D eigenvalue weighted by Gasteiger charge is 2.32. The molecule has 0 aromatic rings. The number of aliphatic hydroxyl groups is 1. The Morgan fingerprint density at radius 2 is 2.14 bits per heavy atom. The number of halogens is 1. The predicted molar refractivity (Wildman–Crippen MR) is 84.7 cm³/mol. The van der Waals surface area contributed by atoms with Gasteiger partial charge in [-0.1, -0.05) is 25.2 Å². The molecule has 0 radical (unpaired) electrons. The van der Waals surface area contributed by atoms with Crippen molar-refractivity contribution in [1.29, 1.82) is 0 Å². The summed E-state index contributed by atoms with van der Waals surface area (Å²) in [6.45, 7) is 14.4. The number of amides is 1. The number of carbonyl (C=O) groups excluding carboxylic acids is 1. The van der Waals surface area contributed by atoms with Gasteiger partial charge in [0.2, 0.25) is 0 Å². The van der Waals surface area contributed by atoms with Gasteiger partial charge < -0.3 is 9.84 Å². The summed E-state index contributed by atoms with van der Waals surface area (Å²) in [5, 5.41) is 8.73. The van der Waals surface area contributed by atoms with Crippen LogP contribution in [0.5, 0.6) is 0 Å². The topological polar surface area (TPSA) is 49.8 Å². The van der Waals surface area contributed by atoms with Gasteiger partial charge >= 0.3 is 6.09 Å². The second-order valence-electron chi connectivity index (χ2n) is 4.42. The van der Waals surface area contributed by atoms with E-state index in [1.807, 2.05) is 20.8 Å². The Labute approximate surface area is 127 Å². The van der Waals surface area contributed by atoms with Crippen molar-refractivity contribution in [1.82, 2.24) is 4.90 Å². The fraction of sp³-hybridized carbons (Fsp3) is 0.562. The lowest BCUT2D eigenvalue weighted by atomic mass is 10.3. The lowest BCUT2D eigenvalue weighted by molar-refractivity contribution is 0.0945. The molecule has 1 saturated heterocycles. The average molecular weight is 301 g/mol. The smallest absolute Gasteiger partial charge is 0.410 e. The molecular formula is C16H28FNO3. The molecule has 0 aromatic carbocycles. The quantitative estimate of drug-likeness (QED) is 0.803. The fourth-order valence-corrected chi connectivity index (χ4v) is 1.38. The van der Waals surface area contributed by atoms with Gasteiger partial charge in [0.05, 0.1) is 25.0 Å². The van der Waals surface area contributed by atoms with Crippen molar-refractivity contribution in [3.05, 3.63) is 37.2 Å². The van der Waals surface area contributed by atoms with Crippen LogP contribution in [0, 0.1) is 0 Å². The first-order chi connectivity index (χ1) is 9.87. The summed E-state index contributed by atoms with van der Waals surface area (Å²) >= 11 is 0. The van der Waals surface area contributed by atoms with Crippen molar-refractivity contribution in [3.63, 3.8) is 0 Å². The van der Waals surface area contributed by atoms with Gasteiger partial charge in [-0.2, -0.15) is 0 Å². The Hall–Kier alpha value is -1.62. The Bertz CT molecular complexity index is 338. The molecule has 1 fully saturated rings. The molecule has 0 saturated carbocycles. The summed E-state index contributed by atoms with van der Waals surface area (Å²) in [5.41, 5.74) is 0. The summed E-state index contributed by atoms with van der Waals surface area (Å²) in [4.78, 5) is 12.6. The standard InChI is InChI=1S/C8H13NO3.C5H9F.C3H6/c1-3-6(2)9-4-7(5-10)12-8(9)11;1-3-4-5(2)6;1-3-2/h3,6-7,10H,1,4-5H2,2H3;4H,3H2,1-2H3;3H,1H2,2H3/b;5-4+;. The highest BCUT2D eigenvalue weighted by molar-refractivity contribution is 5.70. The van der Waals surface area contributed by atoms with E-state index in [1.165, 1.54) is 11.8 Å². The number of aliphatic hydroxyl groups excluding tert-OH is 1. The van der Waals surface area contributed by atoms with E-state index < -0.39 is 0 Å². The molecule has 1 N–H and O–H groups in total. The summed E-state index contributed by atoms with van der Waals surface area (Å²) < 4.78 is 16.4. The largest absolute Gasteiger partial charge is 0.442 e. The Morgan fingerprint density at radius 1 is 1.62 bits per heavy atom. The van der Waals surface area contributed by atoms with Crippen LogP contribution >= 0.6 is 0 Å². The van der Waals surface area contributed by atoms with Crippen LogP contribution in [0.25, 0.3) is 0 Å². The van der Waals surface area contributed by atoms with Crippen LogP contribution in [0.1, 0.15) is 34.1 Å². The molecule has 0 aliphatic carbocycles. The monoisotopic (exact) mass is 301 g/mol. The van der Waals surface area contributed by atoms with Crippen LogP contribution in [0.3, 0.4) is 0 Å². The Kier molecular flexibility index (Phi) is 13.8. The number of hydrogen-bond donors (Lipinski definition) is 1. The first-order valence-corrected chi connectivity index (χ1v) is 6.97. The first-order valence-electron chi connectivity index (χ1n) is 6.97. The van der Waals surface area contributed by atoms with E-state index in [4.69, 9.17) is 9.84 Å². The number of carbonyl (C=O) groups is 1. The summed E-state index contributed by atoms with van der Waals surface area (Å²) in [6.07, 6.45) is 5.00. The average Bonchev–Trinajstić information content (AvgIpc) is 2.80. The van der Waals surface area contributed by atoms with Crippen LogP contribution in [-0.2, 0) is 4.74 Å². The minimum absolute atomic E-state index is 0.0333. The zero-order chi connectivity index (χ0) is 16.8. The van der Waals surface area contributed by atoms with Crippen molar-refractivity contribution in [2.75, 3.05) is 13.2 Å². The van der Waals surface area contributed by atoms with E-state index in [1.54, 1.807) is 18.2 Å². The maximum atomic E-state index is 11.6. The third-order valence-electron chi connectivity index (χ3n) is 2.42. The second kappa shape index (κ2) is 13.4. The van der Waals surface area contributed by atoms with Crippen LogP contribution in [0.4, 0.5) is 9.18 Å². The van der Waals surface area contributed by atoms with Crippen molar-refractivity contribution in [2.45, 2.75) is 46.3 Å². The first kappa shape index (κ1) is 21.7. The molecule has 1 aliphatic heterocycles. The highest BCUT2D eigenvalue weighted by atomic mass is 19.1. The van der Waals surface area contributed by atoms with Gasteiger partial charge in [0, 0.05) is 0 Å².